The molecule has 4 heteroatoms. The topological polar surface area (TPSA) is 66.9 Å². The Morgan fingerprint density at radius 2 is 2.55 bits per heavy atom. The van der Waals surface area contributed by atoms with Crippen molar-refractivity contribution in [3.8, 4) is 6.07 Å². The first kappa shape index (κ1) is 7.76. The van der Waals surface area contributed by atoms with Gasteiger partial charge in [-0.05, 0) is 11.4 Å². The van der Waals surface area contributed by atoms with Crippen LogP contribution in [0.25, 0.3) is 0 Å². The average Bonchev–Trinajstić information content (AvgIpc) is 2.36. The average molecular weight is 165 g/mol. The predicted octanol–water partition coefficient (Wildman–Crippen LogP) is 0.923. The van der Waals surface area contributed by atoms with Crippen molar-refractivity contribution in [1.82, 2.24) is 0 Å². The summed E-state index contributed by atoms with van der Waals surface area (Å²) in [6, 6.07) is 3.45. The van der Waals surface area contributed by atoms with Crippen LogP contribution in [0.1, 0.15) is 15.2 Å². The third-order valence-electron chi connectivity index (χ3n) is 1.16. The van der Waals surface area contributed by atoms with Crippen LogP contribution in [-0.4, -0.2) is 5.91 Å². The van der Waals surface area contributed by atoms with Crippen molar-refractivity contribution in [3.63, 3.8) is 0 Å². The fraction of sp³-hybridized carbons (Fsp3) is 0. The highest BCUT2D eigenvalue weighted by Crippen LogP contribution is 2.17. The molecule has 0 aliphatic rings. The minimum Gasteiger partial charge on any atom is -0.366 e. The smallest absolute Gasteiger partial charge is 0.249 e. The molecule has 1 aromatic rings. The molecule has 11 heavy (non-hydrogen) atoms. The van der Waals surface area contributed by atoms with Crippen LogP contribution in [0.4, 0.5) is 0 Å². The molecule has 1 heterocycles. The van der Waals surface area contributed by atoms with Crippen molar-refractivity contribution in [2.75, 3.05) is 0 Å². The van der Waals surface area contributed by atoms with E-state index in [1.54, 1.807) is 11.4 Å². The Morgan fingerprint density at radius 3 is 3.09 bits per heavy atom. The number of thiophene rings is 1. The lowest BCUT2D eigenvalue weighted by atomic mass is 10.2. The molecule has 1 aromatic heterocycles. The molecule has 1 rings (SSSR count). The van der Waals surface area contributed by atoms with E-state index in [-0.39, 0.29) is 0 Å². The highest BCUT2D eigenvalue weighted by molar-refractivity contribution is 7.10. The number of nitrogens with zero attached hydrogens (tertiary/aromatic N) is 1. The highest BCUT2D eigenvalue weighted by atomic mass is 32.1. The Hall–Kier alpha value is -1.34. The zero-order valence-electron chi connectivity index (χ0n) is 5.57. The van der Waals surface area contributed by atoms with Crippen molar-refractivity contribution in [2.24, 2.45) is 5.73 Å². The lowest BCUT2D eigenvalue weighted by Crippen LogP contribution is -2.11. The molecule has 0 aliphatic heterocycles. The SMILES string of the molecule is N#C[CH]c1sccc1C(N)=O. The number of amides is 1. The number of carbonyl (C=O) groups excluding carboxylic acids is 1. The molecule has 1 radical (unpaired) electrons. The molecule has 0 fully saturated rings. The molecule has 2 N–H and O–H groups in total. The van der Waals surface area contributed by atoms with E-state index in [9.17, 15) is 4.79 Å². The van der Waals surface area contributed by atoms with E-state index in [0.29, 0.717) is 10.4 Å². The van der Waals surface area contributed by atoms with Crippen LogP contribution in [0.5, 0.6) is 0 Å². The third kappa shape index (κ3) is 1.57. The van der Waals surface area contributed by atoms with Gasteiger partial charge in [0, 0.05) is 4.88 Å². The van der Waals surface area contributed by atoms with Crippen molar-refractivity contribution in [1.29, 1.82) is 5.26 Å². The summed E-state index contributed by atoms with van der Waals surface area (Å²) in [5.74, 6) is -0.493. The van der Waals surface area contributed by atoms with Crippen molar-refractivity contribution < 1.29 is 4.79 Å². The monoisotopic (exact) mass is 165 g/mol. The number of carbonyl (C=O) groups is 1. The summed E-state index contributed by atoms with van der Waals surface area (Å²) in [5.41, 5.74) is 5.44. The number of hydrogen-bond donors (Lipinski definition) is 1. The van der Waals surface area contributed by atoms with Gasteiger partial charge < -0.3 is 5.73 Å². The molecule has 0 spiro atoms. The first-order valence-electron chi connectivity index (χ1n) is 2.86. The molecule has 0 saturated heterocycles. The Balaban J connectivity index is 2.98. The fourth-order valence-corrected chi connectivity index (χ4v) is 1.46. The van der Waals surface area contributed by atoms with Crippen LogP contribution in [0, 0.1) is 17.8 Å². The Kier molecular flexibility index (Phi) is 2.24. The summed E-state index contributed by atoms with van der Waals surface area (Å²) >= 11 is 1.32. The van der Waals surface area contributed by atoms with Gasteiger partial charge in [-0.15, -0.1) is 11.3 Å². The van der Waals surface area contributed by atoms with Gasteiger partial charge in [0.05, 0.1) is 11.6 Å². The van der Waals surface area contributed by atoms with E-state index in [4.69, 9.17) is 11.0 Å². The zero-order chi connectivity index (χ0) is 8.27. The van der Waals surface area contributed by atoms with E-state index >= 15 is 0 Å². The summed E-state index contributed by atoms with van der Waals surface area (Å²) in [5, 5.41) is 10.0. The van der Waals surface area contributed by atoms with E-state index in [1.165, 1.54) is 17.8 Å². The van der Waals surface area contributed by atoms with Gasteiger partial charge >= 0.3 is 0 Å². The van der Waals surface area contributed by atoms with Crippen molar-refractivity contribution in [2.45, 2.75) is 0 Å². The summed E-state index contributed by atoms with van der Waals surface area (Å²) in [7, 11) is 0. The molecule has 3 nitrogen and oxygen atoms in total. The largest absolute Gasteiger partial charge is 0.366 e. The molecule has 0 aliphatic carbocycles. The number of nitriles is 1. The minimum absolute atomic E-state index is 0.413. The summed E-state index contributed by atoms with van der Waals surface area (Å²) in [6.45, 7) is 0. The van der Waals surface area contributed by atoms with Gasteiger partial charge in [-0.25, -0.2) is 0 Å². The Morgan fingerprint density at radius 1 is 1.82 bits per heavy atom. The quantitative estimate of drug-likeness (QED) is 0.708. The van der Waals surface area contributed by atoms with Crippen LogP contribution >= 0.6 is 11.3 Å². The maximum Gasteiger partial charge on any atom is 0.249 e. The first-order chi connectivity index (χ1) is 5.25. The molecule has 0 atom stereocenters. The Labute approximate surface area is 68.1 Å². The van der Waals surface area contributed by atoms with Crippen molar-refractivity contribution >= 4 is 17.2 Å². The molecular formula is C7H5N2OS. The van der Waals surface area contributed by atoms with Gasteiger partial charge in [-0.1, -0.05) is 0 Å². The number of rotatable bonds is 2. The second-order valence-corrected chi connectivity index (χ2v) is 2.78. The standard InChI is InChI=1S/C7H5N2OS/c8-3-1-6-5(7(9)10)2-4-11-6/h1-2,4H,(H2,9,10). The second kappa shape index (κ2) is 3.17. The van der Waals surface area contributed by atoms with Gasteiger partial charge in [0.1, 0.15) is 6.42 Å². The molecule has 0 aromatic carbocycles. The first-order valence-corrected chi connectivity index (χ1v) is 3.74. The number of hydrogen-bond acceptors (Lipinski definition) is 3. The Bertz CT molecular complexity index is 310. The van der Waals surface area contributed by atoms with Crippen LogP contribution in [0.3, 0.4) is 0 Å². The highest BCUT2D eigenvalue weighted by Gasteiger charge is 2.08. The molecular weight excluding hydrogens is 160 g/mol. The number of primary amides is 1. The van der Waals surface area contributed by atoms with Gasteiger partial charge in [0.15, 0.2) is 0 Å². The molecule has 1 amide bonds. The molecule has 0 bridgehead atoms. The van der Waals surface area contributed by atoms with Crippen molar-refractivity contribution in [3.05, 3.63) is 28.3 Å². The van der Waals surface area contributed by atoms with Gasteiger partial charge in [-0.3, -0.25) is 4.79 Å². The minimum atomic E-state index is -0.493. The zero-order valence-corrected chi connectivity index (χ0v) is 6.39. The van der Waals surface area contributed by atoms with E-state index in [0.717, 1.165) is 0 Å². The predicted molar refractivity (Wildman–Crippen MR) is 41.9 cm³/mol. The van der Waals surface area contributed by atoms with E-state index in [2.05, 4.69) is 0 Å². The van der Waals surface area contributed by atoms with E-state index in [1.807, 2.05) is 6.07 Å². The molecule has 0 saturated carbocycles. The second-order valence-electron chi connectivity index (χ2n) is 1.84. The summed E-state index contributed by atoms with van der Waals surface area (Å²) in [4.78, 5) is 11.3. The maximum absolute atomic E-state index is 10.7. The lowest BCUT2D eigenvalue weighted by molar-refractivity contribution is 0.100. The van der Waals surface area contributed by atoms with Gasteiger partial charge in [0.25, 0.3) is 0 Å². The van der Waals surface area contributed by atoms with Crippen LogP contribution in [0.2, 0.25) is 0 Å². The van der Waals surface area contributed by atoms with Gasteiger partial charge in [-0.2, -0.15) is 5.26 Å². The van der Waals surface area contributed by atoms with Crippen LogP contribution in [0.15, 0.2) is 11.4 Å². The number of nitrogens with two attached hydrogens (primary N) is 1. The molecule has 0 unspecified atom stereocenters. The summed E-state index contributed by atoms with van der Waals surface area (Å²) < 4.78 is 0. The van der Waals surface area contributed by atoms with Gasteiger partial charge in [0.2, 0.25) is 5.91 Å². The maximum atomic E-state index is 10.7. The lowest BCUT2D eigenvalue weighted by Gasteiger charge is -1.90. The third-order valence-corrected chi connectivity index (χ3v) is 2.02. The van der Waals surface area contributed by atoms with E-state index < -0.39 is 5.91 Å². The summed E-state index contributed by atoms with van der Waals surface area (Å²) in [6.07, 6.45) is 1.31. The van der Waals surface area contributed by atoms with Crippen LogP contribution in [-0.2, 0) is 0 Å². The molecule has 55 valence electrons. The normalized spacial score (nSPS) is 9.00. The fourth-order valence-electron chi connectivity index (χ4n) is 0.695. The van der Waals surface area contributed by atoms with Crippen LogP contribution < -0.4 is 5.73 Å².